The fourth-order valence-corrected chi connectivity index (χ4v) is 6.28. The predicted molar refractivity (Wildman–Crippen MR) is 118 cm³/mol. The van der Waals surface area contributed by atoms with Gasteiger partial charge in [-0.3, -0.25) is 4.90 Å². The number of aromatic nitrogens is 1. The molecule has 3 heterocycles. The molecule has 1 N–H and O–H groups in total. The minimum Gasteiger partial charge on any atom is -0.444 e. The summed E-state index contributed by atoms with van der Waals surface area (Å²) in [5.41, 5.74) is 0.731. The Bertz CT molecular complexity index is 999. The molecule has 2 aromatic heterocycles. The lowest BCUT2D eigenvalue weighted by molar-refractivity contribution is -0.0655. The SMILES string of the molecule is N#Cc1cc2c(Br)c(NC3CCC(N4CCC5(CCC(F)(F)CC5)C4)CC3)ncc2o1. The number of nitrogens with zero attached hydrogens (tertiary/aromatic N) is 3. The predicted octanol–water partition coefficient (Wildman–Crippen LogP) is 6.09. The van der Waals surface area contributed by atoms with E-state index in [1.165, 1.54) is 0 Å². The fraction of sp³-hybridized carbons (Fsp3) is 0.652. The molecule has 5 rings (SSSR count). The maximum atomic E-state index is 13.6. The Kier molecular flexibility index (Phi) is 5.46. The zero-order valence-corrected chi connectivity index (χ0v) is 19.1. The van der Waals surface area contributed by atoms with Crippen molar-refractivity contribution in [1.29, 1.82) is 5.26 Å². The number of nitrogens with one attached hydrogen (secondary N) is 1. The zero-order chi connectivity index (χ0) is 21.6. The van der Waals surface area contributed by atoms with Crippen molar-refractivity contribution >= 4 is 32.7 Å². The standard InChI is InChI=1S/C23H27BrF2N4O/c24-20-18-11-17(12-27)31-19(18)13-28-21(20)29-15-1-3-16(4-2-15)30-10-9-22(14-30)5-7-23(25,26)8-6-22/h11,13,15-16H,1-10,14H2,(H,28,29). The first-order chi connectivity index (χ1) is 14.9. The Balaban J connectivity index is 1.17. The number of pyridine rings is 1. The second kappa shape index (κ2) is 8.00. The van der Waals surface area contributed by atoms with Crippen LogP contribution in [0.25, 0.3) is 11.0 Å². The molecule has 0 amide bonds. The van der Waals surface area contributed by atoms with Gasteiger partial charge in [0.15, 0.2) is 5.58 Å². The van der Waals surface area contributed by atoms with Crippen molar-refractivity contribution in [2.24, 2.45) is 5.41 Å². The van der Waals surface area contributed by atoms with Crippen molar-refractivity contribution in [2.45, 2.75) is 75.8 Å². The van der Waals surface area contributed by atoms with Crippen LogP contribution >= 0.6 is 15.9 Å². The Morgan fingerprint density at radius 1 is 1.16 bits per heavy atom. The van der Waals surface area contributed by atoms with Crippen LogP contribution in [0.3, 0.4) is 0 Å². The van der Waals surface area contributed by atoms with Crippen LogP contribution in [0, 0.1) is 16.7 Å². The van der Waals surface area contributed by atoms with Gasteiger partial charge in [0.05, 0.1) is 10.7 Å². The van der Waals surface area contributed by atoms with Crippen LogP contribution in [0.15, 0.2) is 21.2 Å². The number of likely N-dealkylation sites (tertiary alicyclic amines) is 1. The largest absolute Gasteiger partial charge is 0.444 e. The molecule has 0 bridgehead atoms. The van der Waals surface area contributed by atoms with Crippen molar-refractivity contribution < 1.29 is 13.2 Å². The van der Waals surface area contributed by atoms with Gasteiger partial charge >= 0.3 is 0 Å². The Labute approximate surface area is 189 Å². The highest BCUT2D eigenvalue weighted by Gasteiger charge is 2.47. The summed E-state index contributed by atoms with van der Waals surface area (Å²) in [6, 6.07) is 4.67. The Morgan fingerprint density at radius 2 is 1.90 bits per heavy atom. The van der Waals surface area contributed by atoms with E-state index in [1.54, 1.807) is 12.3 Å². The van der Waals surface area contributed by atoms with Crippen LogP contribution in [0.5, 0.6) is 0 Å². The van der Waals surface area contributed by atoms with E-state index in [4.69, 9.17) is 9.68 Å². The quantitative estimate of drug-likeness (QED) is 0.561. The minimum atomic E-state index is -2.44. The molecule has 0 aromatic carbocycles. The minimum absolute atomic E-state index is 0.0657. The molecule has 0 radical (unpaired) electrons. The molecule has 2 aromatic rings. The molecule has 0 atom stereocenters. The van der Waals surface area contributed by atoms with Crippen LogP contribution in [-0.4, -0.2) is 41.0 Å². The molecular formula is C23H27BrF2N4O. The number of halogens is 3. The van der Waals surface area contributed by atoms with E-state index < -0.39 is 5.92 Å². The van der Waals surface area contributed by atoms with E-state index in [2.05, 4.69) is 31.1 Å². The first-order valence-electron chi connectivity index (χ1n) is 11.2. The molecule has 0 unspecified atom stereocenters. The third-order valence-corrected chi connectivity index (χ3v) is 8.49. The smallest absolute Gasteiger partial charge is 0.248 e. The molecule has 1 spiro atoms. The maximum absolute atomic E-state index is 13.6. The van der Waals surface area contributed by atoms with Crippen molar-refractivity contribution in [1.82, 2.24) is 9.88 Å². The number of fused-ring (bicyclic) bond motifs is 1. The molecular weight excluding hydrogens is 466 g/mol. The second-order valence-electron chi connectivity index (χ2n) is 9.65. The summed E-state index contributed by atoms with van der Waals surface area (Å²) < 4.78 is 33.5. The lowest BCUT2D eigenvalue weighted by Gasteiger charge is -2.39. The first-order valence-corrected chi connectivity index (χ1v) is 12.0. The van der Waals surface area contributed by atoms with E-state index >= 15 is 0 Å². The number of hydrogen-bond donors (Lipinski definition) is 1. The highest BCUT2D eigenvalue weighted by molar-refractivity contribution is 9.10. The number of rotatable bonds is 3. The lowest BCUT2D eigenvalue weighted by Crippen LogP contribution is -2.41. The Hall–Kier alpha value is -1.72. The van der Waals surface area contributed by atoms with Crippen LogP contribution in [0.1, 0.15) is 63.5 Å². The summed E-state index contributed by atoms with van der Waals surface area (Å²) in [5, 5.41) is 13.5. The van der Waals surface area contributed by atoms with E-state index in [1.807, 2.05) is 6.07 Å². The van der Waals surface area contributed by atoms with Crippen molar-refractivity contribution in [2.75, 3.05) is 18.4 Å². The monoisotopic (exact) mass is 492 g/mol. The summed E-state index contributed by atoms with van der Waals surface area (Å²) in [4.78, 5) is 7.06. The zero-order valence-electron chi connectivity index (χ0n) is 17.5. The number of anilines is 1. The van der Waals surface area contributed by atoms with Crippen LogP contribution in [0.2, 0.25) is 0 Å². The summed E-state index contributed by atoms with van der Waals surface area (Å²) in [6.45, 7) is 2.05. The third-order valence-electron chi connectivity index (χ3n) is 7.69. The summed E-state index contributed by atoms with van der Waals surface area (Å²) in [6.07, 6.45) is 8.59. The third kappa shape index (κ3) is 4.19. The molecule has 3 fully saturated rings. The van der Waals surface area contributed by atoms with Gasteiger partial charge in [0.2, 0.25) is 11.7 Å². The fourth-order valence-electron chi connectivity index (χ4n) is 5.75. The van der Waals surface area contributed by atoms with E-state index in [0.29, 0.717) is 30.5 Å². The van der Waals surface area contributed by atoms with Gasteiger partial charge in [-0.15, -0.1) is 0 Å². The summed E-state index contributed by atoms with van der Waals surface area (Å²) in [5.74, 6) is -1.38. The molecule has 8 heteroatoms. The van der Waals surface area contributed by atoms with E-state index in [0.717, 1.165) is 60.9 Å². The van der Waals surface area contributed by atoms with Crippen molar-refractivity contribution in [3.63, 3.8) is 0 Å². The topological polar surface area (TPSA) is 65.1 Å². The summed E-state index contributed by atoms with van der Waals surface area (Å²) in [7, 11) is 0. The van der Waals surface area contributed by atoms with Crippen molar-refractivity contribution in [3.05, 3.63) is 22.5 Å². The number of alkyl halides is 2. The maximum Gasteiger partial charge on any atom is 0.248 e. The number of hydrogen-bond acceptors (Lipinski definition) is 5. The van der Waals surface area contributed by atoms with Crippen LogP contribution in [-0.2, 0) is 0 Å². The highest BCUT2D eigenvalue weighted by Crippen LogP contribution is 2.49. The van der Waals surface area contributed by atoms with Gasteiger partial charge in [0, 0.05) is 42.9 Å². The highest BCUT2D eigenvalue weighted by atomic mass is 79.9. The molecule has 1 aliphatic heterocycles. The van der Waals surface area contributed by atoms with Gasteiger partial charge in [-0.05, 0) is 72.8 Å². The van der Waals surface area contributed by atoms with Gasteiger partial charge < -0.3 is 9.73 Å². The van der Waals surface area contributed by atoms with Gasteiger partial charge in [-0.25, -0.2) is 13.8 Å². The lowest BCUT2D eigenvalue weighted by atomic mass is 9.72. The average Bonchev–Trinajstić information content (AvgIpc) is 3.38. The normalized spacial score (nSPS) is 28.1. The van der Waals surface area contributed by atoms with Crippen LogP contribution < -0.4 is 5.32 Å². The van der Waals surface area contributed by atoms with E-state index in [-0.39, 0.29) is 24.0 Å². The number of furan rings is 1. The van der Waals surface area contributed by atoms with Gasteiger partial charge in [0.1, 0.15) is 11.9 Å². The van der Waals surface area contributed by atoms with Crippen LogP contribution in [0.4, 0.5) is 14.6 Å². The second-order valence-corrected chi connectivity index (χ2v) is 10.4. The molecule has 166 valence electrons. The van der Waals surface area contributed by atoms with Gasteiger partial charge in [-0.1, -0.05) is 0 Å². The average molecular weight is 493 g/mol. The summed E-state index contributed by atoms with van der Waals surface area (Å²) >= 11 is 3.61. The molecule has 31 heavy (non-hydrogen) atoms. The van der Waals surface area contributed by atoms with E-state index in [9.17, 15) is 8.78 Å². The van der Waals surface area contributed by atoms with Gasteiger partial charge in [0.25, 0.3) is 0 Å². The molecule has 1 saturated heterocycles. The molecule has 3 aliphatic rings. The van der Waals surface area contributed by atoms with Gasteiger partial charge in [-0.2, -0.15) is 5.26 Å². The molecule has 5 nitrogen and oxygen atoms in total. The first kappa shape index (κ1) is 21.1. The molecule has 2 aliphatic carbocycles. The Morgan fingerprint density at radius 3 is 2.61 bits per heavy atom. The van der Waals surface area contributed by atoms with Crippen molar-refractivity contribution in [3.8, 4) is 6.07 Å². The number of nitriles is 1. The molecule has 2 saturated carbocycles.